The third-order valence-electron chi connectivity index (χ3n) is 2.44. The molecule has 0 spiro atoms. The number of aryl methyl sites for hydroxylation is 1. The predicted octanol–water partition coefficient (Wildman–Crippen LogP) is 0.629. The fraction of sp³-hybridized carbons (Fsp3) is 0.462. The number of rotatable bonds is 7. The number of hydrogen-bond acceptors (Lipinski definition) is 4. The highest BCUT2D eigenvalue weighted by atomic mass is 16.5. The molecule has 1 aromatic carbocycles. The molecule has 1 amide bonds. The lowest BCUT2D eigenvalue weighted by Crippen LogP contribution is -2.31. The number of carbonyl (C=O) groups excluding carboxylic acids is 1. The second-order valence-corrected chi connectivity index (χ2v) is 3.85. The predicted molar refractivity (Wildman–Crippen MR) is 67.5 cm³/mol. The van der Waals surface area contributed by atoms with Crippen LogP contribution in [0.5, 0.6) is 5.75 Å². The molecule has 0 saturated heterocycles. The molecule has 0 atom stereocenters. The van der Waals surface area contributed by atoms with Crippen molar-refractivity contribution in [1.29, 1.82) is 0 Å². The normalized spacial score (nSPS) is 10.2. The van der Waals surface area contributed by atoms with Crippen molar-refractivity contribution in [1.82, 2.24) is 5.32 Å². The summed E-state index contributed by atoms with van der Waals surface area (Å²) >= 11 is 0. The summed E-state index contributed by atoms with van der Waals surface area (Å²) in [5.74, 6) is 0.362. The zero-order valence-corrected chi connectivity index (χ0v) is 10.7. The molecule has 0 radical (unpaired) electrons. The summed E-state index contributed by atoms with van der Waals surface area (Å²) in [7, 11) is 1.57. The van der Waals surface area contributed by atoms with Crippen LogP contribution in [0.15, 0.2) is 18.2 Å². The molecular weight excluding hydrogens is 234 g/mol. The van der Waals surface area contributed by atoms with Gasteiger partial charge >= 0.3 is 0 Å². The molecule has 5 heteroatoms. The number of para-hydroxylation sites is 1. The van der Waals surface area contributed by atoms with Gasteiger partial charge in [-0.2, -0.15) is 0 Å². The van der Waals surface area contributed by atoms with E-state index in [2.05, 4.69) is 5.32 Å². The highest BCUT2D eigenvalue weighted by Crippen LogP contribution is 2.23. The maximum Gasteiger partial charge on any atom is 0.258 e. The van der Waals surface area contributed by atoms with Gasteiger partial charge in [0.15, 0.2) is 6.61 Å². The number of nitrogens with one attached hydrogen (secondary N) is 1. The number of aliphatic hydroxyl groups is 1. The number of amides is 1. The smallest absolute Gasteiger partial charge is 0.258 e. The quantitative estimate of drug-likeness (QED) is 0.699. The van der Waals surface area contributed by atoms with Crippen molar-refractivity contribution in [3.63, 3.8) is 0 Å². The van der Waals surface area contributed by atoms with Gasteiger partial charge in [-0.15, -0.1) is 0 Å². The zero-order chi connectivity index (χ0) is 13.4. The average molecular weight is 253 g/mol. The van der Waals surface area contributed by atoms with Gasteiger partial charge in [0, 0.05) is 19.2 Å². The van der Waals surface area contributed by atoms with E-state index in [1.807, 2.05) is 19.1 Å². The number of hydrogen-bond donors (Lipinski definition) is 2. The Bertz CT molecular complexity index is 393. The largest absolute Gasteiger partial charge is 0.483 e. The molecule has 0 aliphatic heterocycles. The third kappa shape index (κ3) is 4.35. The highest BCUT2D eigenvalue weighted by Gasteiger charge is 2.08. The maximum atomic E-state index is 11.4. The molecule has 1 aromatic rings. The molecule has 0 aliphatic carbocycles. The van der Waals surface area contributed by atoms with E-state index in [-0.39, 0.29) is 19.1 Å². The average Bonchev–Trinajstić information content (AvgIpc) is 2.37. The number of aliphatic hydroxyl groups excluding tert-OH is 1. The second kappa shape index (κ2) is 7.68. The zero-order valence-electron chi connectivity index (χ0n) is 10.7. The number of benzene rings is 1. The summed E-state index contributed by atoms with van der Waals surface area (Å²) in [6.45, 7) is 2.62. The monoisotopic (exact) mass is 253 g/mol. The fourth-order valence-electron chi connectivity index (χ4n) is 1.53. The first-order chi connectivity index (χ1) is 8.69. The molecule has 1 rings (SSSR count). The summed E-state index contributed by atoms with van der Waals surface area (Å²) in [5, 5.41) is 11.8. The van der Waals surface area contributed by atoms with Crippen molar-refractivity contribution < 1.29 is 19.4 Å². The minimum Gasteiger partial charge on any atom is -0.483 e. The minimum absolute atomic E-state index is 0.0679. The van der Waals surface area contributed by atoms with E-state index in [4.69, 9.17) is 9.47 Å². The summed E-state index contributed by atoms with van der Waals surface area (Å²) < 4.78 is 10.3. The Balaban J connectivity index is 2.50. The van der Waals surface area contributed by atoms with Crippen molar-refractivity contribution >= 4 is 5.91 Å². The van der Waals surface area contributed by atoms with Crippen LogP contribution in [0.25, 0.3) is 0 Å². The molecule has 18 heavy (non-hydrogen) atoms. The van der Waals surface area contributed by atoms with Crippen LogP contribution in [0.1, 0.15) is 11.1 Å². The van der Waals surface area contributed by atoms with Crippen molar-refractivity contribution in [3.05, 3.63) is 29.3 Å². The molecule has 5 nitrogen and oxygen atoms in total. The van der Waals surface area contributed by atoms with Crippen LogP contribution in [-0.4, -0.2) is 37.9 Å². The maximum absolute atomic E-state index is 11.4. The Morgan fingerprint density at radius 2 is 2.22 bits per heavy atom. The highest BCUT2D eigenvalue weighted by molar-refractivity contribution is 5.77. The number of carbonyl (C=O) groups is 1. The molecule has 0 aromatic heterocycles. The van der Waals surface area contributed by atoms with Gasteiger partial charge < -0.3 is 19.9 Å². The van der Waals surface area contributed by atoms with Crippen LogP contribution < -0.4 is 10.1 Å². The van der Waals surface area contributed by atoms with Crippen molar-refractivity contribution in [2.24, 2.45) is 0 Å². The van der Waals surface area contributed by atoms with Crippen molar-refractivity contribution in [2.75, 3.05) is 26.9 Å². The van der Waals surface area contributed by atoms with E-state index in [0.29, 0.717) is 24.5 Å². The molecule has 0 saturated carbocycles. The van der Waals surface area contributed by atoms with Gasteiger partial charge in [0.25, 0.3) is 5.91 Å². The van der Waals surface area contributed by atoms with Gasteiger partial charge in [-0.1, -0.05) is 18.2 Å². The Morgan fingerprint density at radius 3 is 2.89 bits per heavy atom. The van der Waals surface area contributed by atoms with Crippen LogP contribution in [0.2, 0.25) is 0 Å². The van der Waals surface area contributed by atoms with Gasteiger partial charge in [-0.25, -0.2) is 0 Å². The van der Waals surface area contributed by atoms with Gasteiger partial charge in [0.05, 0.1) is 13.2 Å². The first-order valence-corrected chi connectivity index (χ1v) is 5.76. The van der Waals surface area contributed by atoms with E-state index in [0.717, 1.165) is 5.56 Å². The Hall–Kier alpha value is -1.59. The van der Waals surface area contributed by atoms with Gasteiger partial charge in [0.2, 0.25) is 0 Å². The molecule has 0 fully saturated rings. The van der Waals surface area contributed by atoms with E-state index in [1.54, 1.807) is 13.2 Å². The van der Waals surface area contributed by atoms with Crippen molar-refractivity contribution in [3.8, 4) is 5.75 Å². The standard InChI is InChI=1S/C13H19NO4/c1-10-4-3-5-11(8-15)13(10)18-9-12(16)14-6-7-17-2/h3-5,15H,6-9H2,1-2H3,(H,14,16). The topological polar surface area (TPSA) is 67.8 Å². The minimum atomic E-state index is -0.209. The molecule has 100 valence electrons. The number of ether oxygens (including phenoxy) is 2. The van der Waals surface area contributed by atoms with Crippen LogP contribution in [0.3, 0.4) is 0 Å². The van der Waals surface area contributed by atoms with E-state index >= 15 is 0 Å². The van der Waals surface area contributed by atoms with E-state index < -0.39 is 0 Å². The van der Waals surface area contributed by atoms with Crippen LogP contribution in [0.4, 0.5) is 0 Å². The molecule has 0 unspecified atom stereocenters. The lowest BCUT2D eigenvalue weighted by molar-refractivity contribution is -0.123. The van der Waals surface area contributed by atoms with Crippen LogP contribution >= 0.6 is 0 Å². The molecule has 0 aliphatic rings. The second-order valence-electron chi connectivity index (χ2n) is 3.85. The molecule has 2 N–H and O–H groups in total. The van der Waals surface area contributed by atoms with Crippen LogP contribution in [0, 0.1) is 6.92 Å². The fourth-order valence-corrected chi connectivity index (χ4v) is 1.53. The third-order valence-corrected chi connectivity index (χ3v) is 2.44. The van der Waals surface area contributed by atoms with Gasteiger partial charge in [0.1, 0.15) is 5.75 Å². The lowest BCUT2D eigenvalue weighted by Gasteiger charge is -2.12. The summed E-state index contributed by atoms with van der Waals surface area (Å²) in [4.78, 5) is 11.4. The van der Waals surface area contributed by atoms with Gasteiger partial charge in [-0.05, 0) is 12.5 Å². The molecule has 0 heterocycles. The Labute approximate surface area is 107 Å². The molecule has 0 bridgehead atoms. The Kier molecular flexibility index (Phi) is 6.18. The van der Waals surface area contributed by atoms with E-state index in [9.17, 15) is 9.90 Å². The summed E-state index contributed by atoms with van der Waals surface area (Å²) in [6.07, 6.45) is 0. The van der Waals surface area contributed by atoms with Crippen molar-refractivity contribution in [2.45, 2.75) is 13.5 Å². The summed E-state index contributed by atoms with van der Waals surface area (Å²) in [5.41, 5.74) is 1.57. The SMILES string of the molecule is COCCNC(=O)COc1c(C)cccc1CO. The number of methoxy groups -OCH3 is 1. The summed E-state index contributed by atoms with van der Waals surface area (Å²) in [6, 6.07) is 5.48. The van der Waals surface area contributed by atoms with Gasteiger partial charge in [-0.3, -0.25) is 4.79 Å². The lowest BCUT2D eigenvalue weighted by atomic mass is 10.1. The first kappa shape index (κ1) is 14.5. The molecular formula is C13H19NO4. The first-order valence-electron chi connectivity index (χ1n) is 5.76. The van der Waals surface area contributed by atoms with Crippen LogP contribution in [-0.2, 0) is 16.1 Å². The Morgan fingerprint density at radius 1 is 1.44 bits per heavy atom. The van der Waals surface area contributed by atoms with E-state index in [1.165, 1.54) is 0 Å².